The van der Waals surface area contributed by atoms with Crippen LogP contribution >= 0.6 is 0 Å². The number of nitrogens with one attached hydrogen (secondary N) is 1. The van der Waals surface area contributed by atoms with Crippen molar-refractivity contribution in [2.24, 2.45) is 5.41 Å². The van der Waals surface area contributed by atoms with Gasteiger partial charge in [-0.3, -0.25) is 0 Å². The Kier molecular flexibility index (Phi) is 4.39. The Balaban J connectivity index is 1.33. The molecule has 9 nitrogen and oxygen atoms in total. The number of carbonyl (C=O) groups excluding carboxylic acids is 1. The van der Waals surface area contributed by atoms with Gasteiger partial charge >= 0.3 is 6.03 Å². The molecule has 7 rings (SSSR count). The molecule has 178 valence electrons. The molecule has 0 unspecified atom stereocenters. The van der Waals surface area contributed by atoms with E-state index in [1.807, 2.05) is 23.1 Å². The third-order valence-corrected chi connectivity index (χ3v) is 7.86. The maximum atomic E-state index is 12.4. The van der Waals surface area contributed by atoms with E-state index in [-0.39, 0.29) is 11.4 Å². The zero-order valence-electron chi connectivity index (χ0n) is 19.8. The highest BCUT2D eigenvalue weighted by atomic mass is 16.5. The summed E-state index contributed by atoms with van der Waals surface area (Å²) in [4.78, 5) is 26.5. The lowest BCUT2D eigenvalue weighted by atomic mass is 9.78. The van der Waals surface area contributed by atoms with E-state index < -0.39 is 0 Å². The number of nitriles is 1. The van der Waals surface area contributed by atoms with E-state index in [2.05, 4.69) is 26.9 Å². The first-order valence-electron chi connectivity index (χ1n) is 12.3. The largest absolute Gasteiger partial charge is 0.380 e. The summed E-state index contributed by atoms with van der Waals surface area (Å²) in [5, 5.41) is 13.7. The number of anilines is 1. The molecule has 0 bridgehead atoms. The minimum Gasteiger partial charge on any atom is -0.380 e. The predicted octanol–water partition coefficient (Wildman–Crippen LogP) is 2.84. The van der Waals surface area contributed by atoms with Crippen LogP contribution in [0.1, 0.15) is 35.8 Å². The maximum Gasteiger partial charge on any atom is 0.317 e. The van der Waals surface area contributed by atoms with E-state index in [0.717, 1.165) is 85.2 Å². The van der Waals surface area contributed by atoms with Crippen LogP contribution in [0.15, 0.2) is 24.3 Å². The number of urea groups is 1. The van der Waals surface area contributed by atoms with Crippen molar-refractivity contribution in [3.8, 4) is 17.3 Å². The Morgan fingerprint density at radius 2 is 2.06 bits per heavy atom. The van der Waals surface area contributed by atoms with Gasteiger partial charge in [-0.1, -0.05) is 12.1 Å². The fraction of sp³-hybridized carbons (Fsp3) is 0.462. The number of imidazole rings is 1. The van der Waals surface area contributed by atoms with Crippen LogP contribution in [0.3, 0.4) is 0 Å². The van der Waals surface area contributed by atoms with Crippen LogP contribution in [0.2, 0.25) is 0 Å². The van der Waals surface area contributed by atoms with Gasteiger partial charge in [0.15, 0.2) is 0 Å². The molecule has 1 N–H and O–H groups in total. The monoisotopic (exact) mass is 469 g/mol. The van der Waals surface area contributed by atoms with Crippen LogP contribution in [0.25, 0.3) is 22.2 Å². The van der Waals surface area contributed by atoms with Crippen molar-refractivity contribution in [3.05, 3.63) is 41.3 Å². The summed E-state index contributed by atoms with van der Waals surface area (Å²) in [7, 11) is 1.67. The van der Waals surface area contributed by atoms with Crippen LogP contribution in [-0.4, -0.2) is 65.4 Å². The van der Waals surface area contributed by atoms with Crippen LogP contribution in [0.4, 0.5) is 10.6 Å². The lowest BCUT2D eigenvalue weighted by molar-refractivity contribution is -0.127. The second kappa shape index (κ2) is 7.43. The fourth-order valence-corrected chi connectivity index (χ4v) is 5.80. The molecule has 35 heavy (non-hydrogen) atoms. The van der Waals surface area contributed by atoms with Gasteiger partial charge in [0.25, 0.3) is 0 Å². The molecule has 0 atom stereocenters. The van der Waals surface area contributed by atoms with Crippen LogP contribution in [0, 0.1) is 16.7 Å². The number of rotatable bonds is 3. The van der Waals surface area contributed by atoms with Gasteiger partial charge in [0.05, 0.1) is 47.6 Å². The molecular weight excluding hydrogens is 442 g/mol. The van der Waals surface area contributed by atoms with Gasteiger partial charge in [-0.2, -0.15) is 5.26 Å². The average Bonchev–Trinajstić information content (AvgIpc) is 3.61. The molecule has 0 radical (unpaired) electrons. The third kappa shape index (κ3) is 3.13. The number of pyridine rings is 1. The molecule has 2 saturated heterocycles. The number of hydrogen-bond donors (Lipinski definition) is 1. The summed E-state index contributed by atoms with van der Waals surface area (Å²) in [6.07, 6.45) is 2.33. The first kappa shape index (κ1) is 20.7. The highest BCUT2D eigenvalue weighted by Gasteiger charge is 2.50. The number of nitrogens with zero attached hydrogens (tertiary/aromatic N) is 6. The highest BCUT2D eigenvalue weighted by Crippen LogP contribution is 2.44. The van der Waals surface area contributed by atoms with E-state index in [4.69, 9.17) is 14.7 Å². The summed E-state index contributed by atoms with van der Waals surface area (Å²) >= 11 is 0. The minimum atomic E-state index is -0.0726. The van der Waals surface area contributed by atoms with Gasteiger partial charge in [0.1, 0.15) is 17.7 Å². The van der Waals surface area contributed by atoms with Crippen LogP contribution in [0.5, 0.6) is 0 Å². The lowest BCUT2D eigenvalue weighted by Crippen LogP contribution is -2.66. The van der Waals surface area contributed by atoms with Crippen molar-refractivity contribution < 1.29 is 9.53 Å². The molecule has 1 spiro atoms. The summed E-state index contributed by atoms with van der Waals surface area (Å²) in [5.74, 6) is 2.38. The topological polar surface area (TPSA) is 99.3 Å². The summed E-state index contributed by atoms with van der Waals surface area (Å²) in [6, 6.07) is 10.4. The van der Waals surface area contributed by atoms with Crippen molar-refractivity contribution in [1.29, 1.82) is 5.26 Å². The van der Waals surface area contributed by atoms with Gasteiger partial charge in [-0.25, -0.2) is 14.8 Å². The minimum absolute atomic E-state index is 0.0726. The number of hydrogen-bond acceptors (Lipinski definition) is 6. The van der Waals surface area contributed by atoms with Gasteiger partial charge in [0, 0.05) is 50.1 Å². The van der Waals surface area contributed by atoms with Crippen LogP contribution in [-0.2, 0) is 17.8 Å². The SMILES string of the molecule is CNC(=O)N1CCn2c(C3CC3)nc(-c3cccc4nc(N5CC6(COC6)C5)c(C#N)cc34)c2C1. The Morgan fingerprint density at radius 1 is 1.23 bits per heavy atom. The number of benzene rings is 1. The molecule has 3 aliphatic heterocycles. The zero-order chi connectivity index (χ0) is 23.7. The summed E-state index contributed by atoms with van der Waals surface area (Å²) in [5.41, 5.74) is 4.63. The van der Waals surface area contributed by atoms with Crippen molar-refractivity contribution in [1.82, 2.24) is 24.8 Å². The molecule has 1 aliphatic carbocycles. The molecule has 3 aromatic rings. The maximum absolute atomic E-state index is 12.4. The van der Waals surface area contributed by atoms with Crippen molar-refractivity contribution in [3.63, 3.8) is 0 Å². The Bertz CT molecular complexity index is 1410. The fourth-order valence-electron chi connectivity index (χ4n) is 5.80. The summed E-state index contributed by atoms with van der Waals surface area (Å²) in [6.45, 7) is 5.29. The Labute approximate surface area is 203 Å². The number of amides is 2. The second-order valence-corrected chi connectivity index (χ2v) is 10.4. The number of fused-ring (bicyclic) bond motifs is 2. The van der Waals surface area contributed by atoms with Gasteiger partial charge in [-0.05, 0) is 25.0 Å². The van der Waals surface area contributed by atoms with E-state index in [1.165, 1.54) is 0 Å². The molecule has 4 aliphatic rings. The first-order valence-corrected chi connectivity index (χ1v) is 12.3. The van der Waals surface area contributed by atoms with Crippen LogP contribution < -0.4 is 10.2 Å². The second-order valence-electron chi connectivity index (χ2n) is 10.4. The van der Waals surface area contributed by atoms with Crippen molar-refractivity contribution in [2.75, 3.05) is 44.8 Å². The molecular formula is C26H27N7O2. The predicted molar refractivity (Wildman–Crippen MR) is 130 cm³/mol. The lowest BCUT2D eigenvalue weighted by Gasteiger charge is -2.55. The number of ether oxygens (including phenoxy) is 1. The number of aromatic nitrogens is 3. The van der Waals surface area contributed by atoms with E-state index in [0.29, 0.717) is 24.6 Å². The van der Waals surface area contributed by atoms with E-state index in [9.17, 15) is 10.1 Å². The highest BCUT2D eigenvalue weighted by molar-refractivity contribution is 5.96. The molecule has 2 aromatic heterocycles. The van der Waals surface area contributed by atoms with Gasteiger partial charge < -0.3 is 24.4 Å². The van der Waals surface area contributed by atoms with E-state index >= 15 is 0 Å². The standard InChI is InChI=1S/C26H27N7O2/c1-28-25(34)31-7-8-33-21(11-31)22(30-24(33)16-5-6-16)18-3-2-4-20-19(18)9-17(10-27)23(29-20)32-12-26(13-32)14-35-15-26/h2-4,9,16H,5-8,11-15H2,1H3,(H,28,34). The average molecular weight is 470 g/mol. The molecule has 5 heterocycles. The van der Waals surface area contributed by atoms with Gasteiger partial charge in [0.2, 0.25) is 0 Å². The smallest absolute Gasteiger partial charge is 0.317 e. The molecule has 1 saturated carbocycles. The molecule has 9 heteroatoms. The third-order valence-electron chi connectivity index (χ3n) is 7.86. The molecule has 1 aromatic carbocycles. The van der Waals surface area contributed by atoms with Crippen molar-refractivity contribution >= 4 is 22.8 Å². The van der Waals surface area contributed by atoms with E-state index in [1.54, 1.807) is 7.05 Å². The Morgan fingerprint density at radius 3 is 2.74 bits per heavy atom. The Hall–Kier alpha value is -3.64. The summed E-state index contributed by atoms with van der Waals surface area (Å²) < 4.78 is 7.72. The number of carbonyl (C=O) groups is 1. The molecule has 3 fully saturated rings. The van der Waals surface area contributed by atoms with Gasteiger partial charge in [-0.15, -0.1) is 0 Å². The quantitative estimate of drug-likeness (QED) is 0.633. The first-order chi connectivity index (χ1) is 17.1. The van der Waals surface area contributed by atoms with Crippen molar-refractivity contribution in [2.45, 2.75) is 31.8 Å². The zero-order valence-corrected chi connectivity index (χ0v) is 19.8. The normalized spacial score (nSPS) is 20.2. The molecule has 2 amide bonds.